The van der Waals surface area contributed by atoms with Crippen molar-refractivity contribution in [2.45, 2.75) is 6.92 Å². The molecule has 2 aromatic rings. The van der Waals surface area contributed by atoms with Crippen molar-refractivity contribution in [1.29, 1.82) is 0 Å². The first-order valence-corrected chi connectivity index (χ1v) is 7.08. The molecule has 2 N–H and O–H groups in total. The van der Waals surface area contributed by atoms with E-state index in [1.165, 1.54) is 0 Å². The fraction of sp³-hybridized carbons (Fsp3) is 0.0714. The van der Waals surface area contributed by atoms with E-state index in [0.717, 1.165) is 21.3 Å². The molecule has 2 aromatic carbocycles. The lowest BCUT2D eigenvalue weighted by atomic mass is 10.2. The summed E-state index contributed by atoms with van der Waals surface area (Å²) in [6.45, 7) is 1.94. The van der Waals surface area contributed by atoms with Gasteiger partial charge in [0.05, 0.1) is 4.47 Å². The maximum Gasteiger partial charge on any atom is 0.141 e. The molecule has 0 radical (unpaired) electrons. The Labute approximate surface area is 130 Å². The van der Waals surface area contributed by atoms with Gasteiger partial charge < -0.3 is 10.5 Å². The first-order chi connectivity index (χ1) is 8.97. The Balaban J connectivity index is 2.31. The summed E-state index contributed by atoms with van der Waals surface area (Å²) in [7, 11) is 0. The summed E-state index contributed by atoms with van der Waals surface area (Å²) in [4.78, 5) is 0.356. The Morgan fingerprint density at radius 3 is 2.47 bits per heavy atom. The maximum atomic E-state index is 5.91. The van der Waals surface area contributed by atoms with Gasteiger partial charge in [0.15, 0.2) is 0 Å². The fourth-order valence-corrected chi connectivity index (χ4v) is 2.40. The molecule has 0 amide bonds. The Kier molecular flexibility index (Phi) is 4.45. The summed E-state index contributed by atoms with van der Waals surface area (Å²) in [5.74, 6) is 1.46. The summed E-state index contributed by atoms with van der Waals surface area (Å²) in [5.41, 5.74) is 7.34. The lowest BCUT2D eigenvalue weighted by Crippen LogP contribution is -2.09. The van der Waals surface area contributed by atoms with Gasteiger partial charge >= 0.3 is 0 Å². The van der Waals surface area contributed by atoms with Crippen molar-refractivity contribution in [3.63, 3.8) is 0 Å². The highest BCUT2D eigenvalue weighted by molar-refractivity contribution is 9.10. The van der Waals surface area contributed by atoms with E-state index in [4.69, 9.17) is 34.3 Å². The van der Waals surface area contributed by atoms with Gasteiger partial charge in [-0.25, -0.2) is 0 Å². The summed E-state index contributed by atoms with van der Waals surface area (Å²) >= 11 is 14.3. The van der Waals surface area contributed by atoms with E-state index in [2.05, 4.69) is 15.9 Å². The topological polar surface area (TPSA) is 35.2 Å². The molecule has 5 heteroatoms. The second-order valence-electron chi connectivity index (χ2n) is 4.02. The molecule has 0 spiro atoms. The van der Waals surface area contributed by atoms with Crippen molar-refractivity contribution in [2.75, 3.05) is 0 Å². The van der Waals surface area contributed by atoms with Crippen LogP contribution in [-0.4, -0.2) is 4.99 Å². The van der Waals surface area contributed by atoms with Gasteiger partial charge in [-0.3, -0.25) is 0 Å². The molecule has 0 saturated carbocycles. The Morgan fingerprint density at radius 2 is 1.89 bits per heavy atom. The highest BCUT2D eigenvalue weighted by Crippen LogP contribution is 2.32. The third-order valence-corrected chi connectivity index (χ3v) is 3.66. The zero-order valence-corrected chi connectivity index (χ0v) is 13.3. The highest BCUT2D eigenvalue weighted by atomic mass is 79.9. The van der Waals surface area contributed by atoms with Crippen LogP contribution in [-0.2, 0) is 0 Å². The van der Waals surface area contributed by atoms with Crippen molar-refractivity contribution in [3.8, 4) is 11.5 Å². The molecule has 0 heterocycles. The molecule has 19 heavy (non-hydrogen) atoms. The molecule has 2 nitrogen and oxygen atoms in total. The van der Waals surface area contributed by atoms with Crippen LogP contribution in [0.5, 0.6) is 11.5 Å². The minimum Gasteiger partial charge on any atom is -0.456 e. The SMILES string of the molecule is Cc1cc(Cl)ccc1Oc1ccc(C(N)=S)cc1Br. The van der Waals surface area contributed by atoms with Crippen LogP contribution in [0.4, 0.5) is 0 Å². The van der Waals surface area contributed by atoms with E-state index in [1.54, 1.807) is 6.07 Å². The summed E-state index contributed by atoms with van der Waals surface area (Å²) in [6.07, 6.45) is 0. The largest absolute Gasteiger partial charge is 0.456 e. The lowest BCUT2D eigenvalue weighted by molar-refractivity contribution is 0.476. The van der Waals surface area contributed by atoms with Crippen molar-refractivity contribution >= 4 is 44.7 Å². The minimum absolute atomic E-state index is 0.356. The third kappa shape index (κ3) is 3.47. The Bertz CT molecular complexity index is 645. The molecular weight excluding hydrogens is 346 g/mol. The van der Waals surface area contributed by atoms with Gasteiger partial charge in [-0.2, -0.15) is 0 Å². The van der Waals surface area contributed by atoms with E-state index in [9.17, 15) is 0 Å². The minimum atomic E-state index is 0.356. The van der Waals surface area contributed by atoms with Gasteiger partial charge in [0, 0.05) is 10.6 Å². The molecule has 0 aromatic heterocycles. The first kappa shape index (κ1) is 14.3. The number of rotatable bonds is 3. The van der Waals surface area contributed by atoms with Crippen LogP contribution in [0.1, 0.15) is 11.1 Å². The lowest BCUT2D eigenvalue weighted by Gasteiger charge is -2.11. The molecule has 2 rings (SSSR count). The van der Waals surface area contributed by atoms with Crippen LogP contribution in [0.2, 0.25) is 5.02 Å². The molecule has 0 unspecified atom stereocenters. The average Bonchev–Trinajstić information content (AvgIpc) is 2.34. The molecule has 0 fully saturated rings. The number of aryl methyl sites for hydroxylation is 1. The summed E-state index contributed by atoms with van der Waals surface area (Å²) < 4.78 is 6.64. The van der Waals surface area contributed by atoms with Crippen molar-refractivity contribution in [1.82, 2.24) is 0 Å². The first-order valence-electron chi connectivity index (χ1n) is 5.51. The van der Waals surface area contributed by atoms with E-state index in [-0.39, 0.29) is 0 Å². The maximum absolute atomic E-state index is 5.91. The predicted molar refractivity (Wildman–Crippen MR) is 86.3 cm³/mol. The van der Waals surface area contributed by atoms with Crippen LogP contribution in [0.15, 0.2) is 40.9 Å². The zero-order valence-electron chi connectivity index (χ0n) is 10.1. The van der Waals surface area contributed by atoms with Crippen LogP contribution in [0.3, 0.4) is 0 Å². The Morgan fingerprint density at radius 1 is 1.21 bits per heavy atom. The summed E-state index contributed by atoms with van der Waals surface area (Å²) in [6, 6.07) is 11.0. The number of ether oxygens (including phenoxy) is 1. The number of hydrogen-bond donors (Lipinski definition) is 1. The fourth-order valence-electron chi connectivity index (χ4n) is 1.58. The second kappa shape index (κ2) is 5.90. The smallest absolute Gasteiger partial charge is 0.141 e. The van der Waals surface area contributed by atoms with Gasteiger partial charge in [-0.1, -0.05) is 23.8 Å². The summed E-state index contributed by atoms with van der Waals surface area (Å²) in [5, 5.41) is 0.688. The number of nitrogens with two attached hydrogens (primary N) is 1. The number of thiocarbonyl (C=S) groups is 1. The van der Waals surface area contributed by atoms with Gasteiger partial charge in [-0.15, -0.1) is 0 Å². The number of benzene rings is 2. The molecule has 0 saturated heterocycles. The Hall–Kier alpha value is -1.10. The molecule has 0 bridgehead atoms. The van der Waals surface area contributed by atoms with Crippen LogP contribution in [0.25, 0.3) is 0 Å². The van der Waals surface area contributed by atoms with Crippen molar-refractivity contribution < 1.29 is 4.74 Å². The van der Waals surface area contributed by atoms with Crippen molar-refractivity contribution in [3.05, 3.63) is 57.0 Å². The quantitative estimate of drug-likeness (QED) is 0.799. The normalized spacial score (nSPS) is 10.3. The predicted octanol–water partition coefficient (Wildman–Crippen LogP) is 4.84. The van der Waals surface area contributed by atoms with Crippen LogP contribution in [0, 0.1) is 6.92 Å². The molecule has 0 aliphatic rings. The molecule has 0 aliphatic carbocycles. The van der Waals surface area contributed by atoms with Crippen LogP contribution < -0.4 is 10.5 Å². The molecule has 0 aliphatic heterocycles. The van der Waals surface area contributed by atoms with Crippen molar-refractivity contribution in [2.24, 2.45) is 5.73 Å². The second-order valence-corrected chi connectivity index (χ2v) is 5.75. The van der Waals surface area contributed by atoms with Gasteiger partial charge in [0.2, 0.25) is 0 Å². The average molecular weight is 357 g/mol. The van der Waals surface area contributed by atoms with E-state index in [1.807, 2.05) is 37.3 Å². The van der Waals surface area contributed by atoms with Gasteiger partial charge in [-0.05, 0) is 64.8 Å². The monoisotopic (exact) mass is 355 g/mol. The third-order valence-electron chi connectivity index (χ3n) is 2.57. The van der Waals surface area contributed by atoms with E-state index >= 15 is 0 Å². The highest BCUT2D eigenvalue weighted by Gasteiger charge is 2.07. The van der Waals surface area contributed by atoms with Gasteiger partial charge in [0.1, 0.15) is 16.5 Å². The van der Waals surface area contributed by atoms with E-state index in [0.29, 0.717) is 15.8 Å². The molecule has 98 valence electrons. The molecule has 0 atom stereocenters. The van der Waals surface area contributed by atoms with E-state index < -0.39 is 0 Å². The van der Waals surface area contributed by atoms with Gasteiger partial charge in [0.25, 0.3) is 0 Å². The standard InChI is InChI=1S/C14H11BrClNOS/c1-8-6-10(16)3-5-12(8)18-13-4-2-9(14(17)19)7-11(13)15/h2-7H,1H3,(H2,17,19). The number of hydrogen-bond acceptors (Lipinski definition) is 2. The zero-order chi connectivity index (χ0) is 14.0. The van der Waals surface area contributed by atoms with Crippen LogP contribution >= 0.6 is 39.7 Å². The molecular formula is C14H11BrClNOS. The number of halogens is 2.